The second kappa shape index (κ2) is 6.04. The van der Waals surface area contributed by atoms with Gasteiger partial charge in [-0.3, -0.25) is 10.1 Å². The molecule has 0 atom stereocenters. The summed E-state index contributed by atoms with van der Waals surface area (Å²) >= 11 is 0. The van der Waals surface area contributed by atoms with E-state index >= 15 is 0 Å². The second-order valence-corrected chi connectivity index (χ2v) is 4.50. The summed E-state index contributed by atoms with van der Waals surface area (Å²) in [5.74, 6) is 0.463. The van der Waals surface area contributed by atoms with Gasteiger partial charge in [-0.05, 0) is 24.3 Å². The van der Waals surface area contributed by atoms with Gasteiger partial charge in [-0.25, -0.2) is 4.98 Å². The molecule has 1 aromatic carbocycles. The predicted octanol–water partition coefficient (Wildman–Crippen LogP) is 2.24. The summed E-state index contributed by atoms with van der Waals surface area (Å²) in [4.78, 5) is 20.4. The van der Waals surface area contributed by atoms with E-state index < -0.39 is 4.92 Å². The van der Waals surface area contributed by atoms with Crippen LogP contribution in [0.2, 0.25) is 0 Å². The molecule has 0 aliphatic heterocycles. The minimum atomic E-state index is -0.518. The first-order chi connectivity index (χ1) is 10.0. The third-order valence-electron chi connectivity index (χ3n) is 2.84. The number of benzene rings is 1. The van der Waals surface area contributed by atoms with Crippen molar-refractivity contribution in [3.8, 4) is 0 Å². The molecule has 0 radical (unpaired) electrons. The van der Waals surface area contributed by atoms with E-state index in [0.717, 1.165) is 5.69 Å². The van der Waals surface area contributed by atoms with Crippen LogP contribution in [0.4, 0.5) is 28.8 Å². The van der Waals surface area contributed by atoms with Crippen molar-refractivity contribution in [1.82, 2.24) is 9.97 Å². The topological polar surface area (TPSA) is 96.2 Å². The Morgan fingerprint density at radius 1 is 1.24 bits per heavy atom. The van der Waals surface area contributed by atoms with Crippen molar-refractivity contribution in [3.05, 3.63) is 40.6 Å². The number of hydrogen-bond donors (Lipinski definition) is 2. The third-order valence-corrected chi connectivity index (χ3v) is 2.84. The highest BCUT2D eigenvalue weighted by Gasteiger charge is 2.17. The van der Waals surface area contributed by atoms with Gasteiger partial charge in [0.15, 0.2) is 0 Å². The first-order valence-corrected chi connectivity index (χ1v) is 6.25. The summed E-state index contributed by atoms with van der Waals surface area (Å²) in [5, 5.41) is 16.7. The summed E-state index contributed by atoms with van der Waals surface area (Å²) in [5.41, 5.74) is 1.57. The average Bonchev–Trinajstić information content (AvgIpc) is 2.47. The minimum absolute atomic E-state index is 0.150. The monoisotopic (exact) mass is 288 g/mol. The predicted molar refractivity (Wildman–Crippen MR) is 82.3 cm³/mol. The largest absolute Gasteiger partial charge is 0.378 e. The van der Waals surface area contributed by atoms with Crippen molar-refractivity contribution >= 4 is 28.8 Å². The lowest BCUT2D eigenvalue weighted by Crippen LogP contribution is -2.08. The fraction of sp³-hybridized carbons (Fsp3) is 0.231. The van der Waals surface area contributed by atoms with Crippen LogP contribution >= 0.6 is 0 Å². The van der Waals surface area contributed by atoms with E-state index in [1.54, 1.807) is 7.05 Å². The van der Waals surface area contributed by atoms with E-state index in [1.807, 2.05) is 43.3 Å². The summed E-state index contributed by atoms with van der Waals surface area (Å²) < 4.78 is 0. The molecule has 0 saturated heterocycles. The molecular weight excluding hydrogens is 272 g/mol. The van der Waals surface area contributed by atoms with Crippen LogP contribution in [0.15, 0.2) is 30.5 Å². The lowest BCUT2D eigenvalue weighted by Gasteiger charge is -2.13. The van der Waals surface area contributed by atoms with E-state index in [4.69, 9.17) is 0 Å². The lowest BCUT2D eigenvalue weighted by molar-refractivity contribution is -0.384. The lowest BCUT2D eigenvalue weighted by atomic mass is 10.2. The molecule has 0 fully saturated rings. The molecule has 2 N–H and O–H groups in total. The second-order valence-electron chi connectivity index (χ2n) is 4.50. The van der Waals surface area contributed by atoms with E-state index in [9.17, 15) is 10.1 Å². The molecule has 1 heterocycles. The van der Waals surface area contributed by atoms with E-state index in [-0.39, 0.29) is 11.5 Å². The van der Waals surface area contributed by atoms with Crippen molar-refractivity contribution in [3.63, 3.8) is 0 Å². The SMILES string of the molecule is CNc1ncc([N+](=O)[O-])c(Nc2ccc(N(C)C)cc2)n1. The first-order valence-electron chi connectivity index (χ1n) is 6.25. The Morgan fingerprint density at radius 2 is 1.90 bits per heavy atom. The van der Waals surface area contributed by atoms with Crippen LogP contribution in [0.5, 0.6) is 0 Å². The van der Waals surface area contributed by atoms with Crippen molar-refractivity contribution in [2.45, 2.75) is 0 Å². The molecule has 8 nitrogen and oxygen atoms in total. The van der Waals surface area contributed by atoms with E-state index in [0.29, 0.717) is 11.6 Å². The van der Waals surface area contributed by atoms with Crippen LogP contribution in [-0.4, -0.2) is 36.0 Å². The molecule has 2 aromatic rings. The van der Waals surface area contributed by atoms with Gasteiger partial charge in [0.1, 0.15) is 6.20 Å². The summed E-state index contributed by atoms with van der Waals surface area (Å²) in [6.45, 7) is 0. The summed E-state index contributed by atoms with van der Waals surface area (Å²) in [7, 11) is 5.53. The van der Waals surface area contributed by atoms with Crippen LogP contribution in [0.1, 0.15) is 0 Å². The highest BCUT2D eigenvalue weighted by Crippen LogP contribution is 2.26. The molecule has 0 unspecified atom stereocenters. The zero-order valence-corrected chi connectivity index (χ0v) is 12.0. The van der Waals surface area contributed by atoms with Crippen molar-refractivity contribution in [1.29, 1.82) is 0 Å². The Kier molecular flexibility index (Phi) is 4.17. The van der Waals surface area contributed by atoms with Crippen LogP contribution < -0.4 is 15.5 Å². The maximum absolute atomic E-state index is 11.0. The number of anilines is 4. The fourth-order valence-electron chi connectivity index (χ4n) is 1.70. The Labute approximate surface area is 122 Å². The van der Waals surface area contributed by atoms with Crippen LogP contribution in [0.3, 0.4) is 0 Å². The molecule has 0 spiro atoms. The Hall–Kier alpha value is -2.90. The smallest absolute Gasteiger partial charge is 0.329 e. The van der Waals surface area contributed by atoms with Gasteiger partial charge in [0.25, 0.3) is 0 Å². The highest BCUT2D eigenvalue weighted by atomic mass is 16.6. The number of rotatable bonds is 5. The summed E-state index contributed by atoms with van der Waals surface area (Å²) in [6, 6.07) is 7.49. The Balaban J connectivity index is 2.31. The van der Waals surface area contributed by atoms with E-state index in [2.05, 4.69) is 20.6 Å². The average molecular weight is 288 g/mol. The van der Waals surface area contributed by atoms with E-state index in [1.165, 1.54) is 6.20 Å². The molecule has 110 valence electrons. The third kappa shape index (κ3) is 3.35. The minimum Gasteiger partial charge on any atom is -0.378 e. The van der Waals surface area contributed by atoms with Gasteiger partial charge >= 0.3 is 5.69 Å². The van der Waals surface area contributed by atoms with Gasteiger partial charge < -0.3 is 15.5 Å². The molecule has 8 heteroatoms. The Bertz CT molecular complexity index is 642. The normalized spacial score (nSPS) is 10.0. The fourth-order valence-corrected chi connectivity index (χ4v) is 1.70. The summed E-state index contributed by atoms with van der Waals surface area (Å²) in [6.07, 6.45) is 1.18. The molecular formula is C13H16N6O2. The number of nitrogens with one attached hydrogen (secondary N) is 2. The highest BCUT2D eigenvalue weighted by molar-refractivity contribution is 5.67. The zero-order chi connectivity index (χ0) is 15.4. The van der Waals surface area contributed by atoms with Crippen LogP contribution in [-0.2, 0) is 0 Å². The van der Waals surface area contributed by atoms with Gasteiger partial charge in [0.05, 0.1) is 4.92 Å². The molecule has 0 amide bonds. The maximum Gasteiger partial charge on any atom is 0.329 e. The Morgan fingerprint density at radius 3 is 2.43 bits per heavy atom. The van der Waals surface area contributed by atoms with Crippen molar-refractivity contribution in [2.24, 2.45) is 0 Å². The number of hydrogen-bond acceptors (Lipinski definition) is 7. The van der Waals surface area contributed by atoms with Gasteiger partial charge in [-0.15, -0.1) is 0 Å². The maximum atomic E-state index is 11.0. The van der Waals surface area contributed by atoms with Crippen molar-refractivity contribution in [2.75, 3.05) is 36.7 Å². The van der Waals surface area contributed by atoms with Gasteiger partial charge in [0.2, 0.25) is 11.8 Å². The quantitative estimate of drug-likeness (QED) is 0.643. The van der Waals surface area contributed by atoms with Gasteiger partial charge in [0, 0.05) is 32.5 Å². The first kappa shape index (κ1) is 14.5. The molecule has 21 heavy (non-hydrogen) atoms. The number of nitro groups is 1. The molecule has 1 aromatic heterocycles. The molecule has 0 aliphatic carbocycles. The standard InChI is InChI=1S/C13H16N6O2/c1-14-13-15-8-11(19(20)21)12(17-13)16-9-4-6-10(7-5-9)18(2)3/h4-8H,1-3H3,(H2,14,15,16,17). The van der Waals surface area contributed by atoms with Gasteiger partial charge in [-0.1, -0.05) is 0 Å². The van der Waals surface area contributed by atoms with Crippen molar-refractivity contribution < 1.29 is 4.92 Å². The number of aromatic nitrogens is 2. The molecule has 0 saturated carbocycles. The molecule has 2 rings (SSSR count). The molecule has 0 bridgehead atoms. The van der Waals surface area contributed by atoms with Gasteiger partial charge in [-0.2, -0.15) is 4.98 Å². The zero-order valence-electron chi connectivity index (χ0n) is 12.0. The molecule has 0 aliphatic rings. The number of nitrogens with zero attached hydrogens (tertiary/aromatic N) is 4. The van der Waals surface area contributed by atoms with Crippen LogP contribution in [0, 0.1) is 10.1 Å². The van der Waals surface area contributed by atoms with Crippen LogP contribution in [0.25, 0.3) is 0 Å².